The molecule has 7 heteroatoms. The van der Waals surface area contributed by atoms with Crippen LogP contribution in [0.25, 0.3) is 11.1 Å². The number of sulfone groups is 1. The number of likely N-dealkylation sites (tertiary alicyclic amines) is 1. The minimum absolute atomic E-state index is 0.0150. The lowest BCUT2D eigenvalue weighted by Gasteiger charge is -2.18. The van der Waals surface area contributed by atoms with Gasteiger partial charge in [-0.25, -0.2) is 13.4 Å². The number of pyridine rings is 1. The molecule has 28 heavy (non-hydrogen) atoms. The average molecular weight is 413 g/mol. The molecular formula is C21H20N2O3S2. The highest BCUT2D eigenvalue weighted by Gasteiger charge is 2.50. The predicted octanol–water partition coefficient (Wildman–Crippen LogP) is 3.57. The van der Waals surface area contributed by atoms with Gasteiger partial charge in [0.1, 0.15) is 0 Å². The van der Waals surface area contributed by atoms with Crippen LogP contribution in [0, 0.1) is 0 Å². The van der Waals surface area contributed by atoms with E-state index in [1.54, 1.807) is 30.7 Å². The van der Waals surface area contributed by atoms with Gasteiger partial charge in [0.2, 0.25) is 5.88 Å². The minimum atomic E-state index is -3.30. The lowest BCUT2D eigenvalue weighted by atomic mass is 9.95. The van der Waals surface area contributed by atoms with Gasteiger partial charge in [-0.1, -0.05) is 12.1 Å². The Morgan fingerprint density at radius 1 is 1.21 bits per heavy atom. The van der Waals surface area contributed by atoms with E-state index >= 15 is 0 Å². The first-order valence-corrected chi connectivity index (χ1v) is 11.7. The van der Waals surface area contributed by atoms with Crippen LogP contribution in [-0.4, -0.2) is 43.8 Å². The summed E-state index contributed by atoms with van der Waals surface area (Å²) in [6, 6.07) is 11.7. The summed E-state index contributed by atoms with van der Waals surface area (Å²) in [6.45, 7) is 1.90. The number of methoxy groups -OCH3 is 1. The molecule has 2 aromatic heterocycles. The van der Waals surface area contributed by atoms with Gasteiger partial charge in [0.25, 0.3) is 0 Å². The van der Waals surface area contributed by atoms with Crippen LogP contribution in [0.3, 0.4) is 0 Å². The number of thiophene rings is 1. The molecule has 0 aliphatic carbocycles. The maximum atomic E-state index is 13.1. The molecule has 0 bridgehead atoms. The topological polar surface area (TPSA) is 59.5 Å². The highest BCUT2D eigenvalue weighted by molar-refractivity contribution is 7.92. The summed E-state index contributed by atoms with van der Waals surface area (Å²) in [6.07, 6.45) is 1.70. The van der Waals surface area contributed by atoms with Crippen LogP contribution in [0.15, 0.2) is 58.3 Å². The highest BCUT2D eigenvalue weighted by atomic mass is 32.2. The summed E-state index contributed by atoms with van der Waals surface area (Å²) in [5.41, 5.74) is 4.18. The molecule has 1 fully saturated rings. The summed E-state index contributed by atoms with van der Waals surface area (Å²) in [7, 11) is -1.69. The van der Waals surface area contributed by atoms with Gasteiger partial charge in [0.05, 0.1) is 17.3 Å². The van der Waals surface area contributed by atoms with Gasteiger partial charge in [-0.15, -0.1) is 0 Å². The molecule has 2 aliphatic rings. The number of benzene rings is 1. The van der Waals surface area contributed by atoms with Crippen molar-refractivity contribution in [2.24, 2.45) is 0 Å². The van der Waals surface area contributed by atoms with Crippen molar-refractivity contribution in [2.45, 2.75) is 22.6 Å². The van der Waals surface area contributed by atoms with Gasteiger partial charge in [0, 0.05) is 37.3 Å². The molecule has 2 aliphatic heterocycles. The number of hydrogen-bond acceptors (Lipinski definition) is 6. The Morgan fingerprint density at radius 2 is 2.11 bits per heavy atom. The normalized spacial score (nSPS) is 22.8. The largest absolute Gasteiger partial charge is 0.481 e. The Balaban J connectivity index is 1.47. The summed E-state index contributed by atoms with van der Waals surface area (Å²) < 4.78 is 31.6. The molecule has 3 aromatic rings. The SMILES string of the molecule is COc1ncccc1CN1C[C@@H]2[C@@H](C1)c1cc(-c3ccsc3)ccc1S2(=O)=O. The molecule has 0 saturated carbocycles. The summed E-state index contributed by atoms with van der Waals surface area (Å²) in [5.74, 6) is 0.615. The van der Waals surface area contributed by atoms with Crippen LogP contribution in [0.4, 0.5) is 0 Å². The van der Waals surface area contributed by atoms with Crippen molar-refractivity contribution in [1.29, 1.82) is 0 Å². The summed E-state index contributed by atoms with van der Waals surface area (Å²) in [4.78, 5) is 6.96. The summed E-state index contributed by atoms with van der Waals surface area (Å²) >= 11 is 1.65. The number of aromatic nitrogens is 1. The molecule has 0 unspecified atom stereocenters. The van der Waals surface area contributed by atoms with E-state index in [0.29, 0.717) is 23.9 Å². The first kappa shape index (κ1) is 17.8. The van der Waals surface area contributed by atoms with Crippen LogP contribution in [0.5, 0.6) is 5.88 Å². The van der Waals surface area contributed by atoms with Gasteiger partial charge >= 0.3 is 0 Å². The van der Waals surface area contributed by atoms with Crippen molar-refractivity contribution >= 4 is 21.2 Å². The number of ether oxygens (including phenoxy) is 1. The Morgan fingerprint density at radius 3 is 2.89 bits per heavy atom. The second-order valence-corrected chi connectivity index (χ2v) is 10.2. The number of fused-ring (bicyclic) bond motifs is 3. The van der Waals surface area contributed by atoms with E-state index in [1.807, 2.05) is 23.6 Å². The van der Waals surface area contributed by atoms with E-state index in [-0.39, 0.29) is 11.2 Å². The van der Waals surface area contributed by atoms with E-state index in [1.165, 1.54) is 0 Å². The third-order valence-corrected chi connectivity index (χ3v) is 8.69. The highest BCUT2D eigenvalue weighted by Crippen LogP contribution is 2.46. The minimum Gasteiger partial charge on any atom is -0.481 e. The van der Waals surface area contributed by atoms with Crippen LogP contribution in [-0.2, 0) is 16.4 Å². The Bertz CT molecular complexity index is 1130. The van der Waals surface area contributed by atoms with Crippen molar-refractivity contribution in [1.82, 2.24) is 9.88 Å². The molecule has 0 N–H and O–H groups in total. The molecule has 5 rings (SSSR count). The maximum Gasteiger partial charge on any atom is 0.217 e. The molecule has 4 heterocycles. The molecule has 0 radical (unpaired) electrons. The molecule has 0 spiro atoms. The predicted molar refractivity (Wildman–Crippen MR) is 110 cm³/mol. The van der Waals surface area contributed by atoms with Crippen molar-refractivity contribution in [2.75, 3.05) is 20.2 Å². The molecule has 1 aromatic carbocycles. The van der Waals surface area contributed by atoms with Crippen LogP contribution < -0.4 is 4.74 Å². The van der Waals surface area contributed by atoms with Crippen LogP contribution >= 0.6 is 11.3 Å². The Kier molecular flexibility index (Phi) is 4.26. The van der Waals surface area contributed by atoms with Crippen molar-refractivity contribution < 1.29 is 13.2 Å². The third kappa shape index (κ3) is 2.77. The smallest absolute Gasteiger partial charge is 0.217 e. The lowest BCUT2D eigenvalue weighted by molar-refractivity contribution is 0.313. The zero-order valence-electron chi connectivity index (χ0n) is 15.4. The molecule has 5 nitrogen and oxygen atoms in total. The van der Waals surface area contributed by atoms with Crippen molar-refractivity contribution in [3.05, 3.63) is 64.5 Å². The fourth-order valence-electron chi connectivity index (χ4n) is 4.43. The Hall–Kier alpha value is -2.22. The average Bonchev–Trinajstić information content (AvgIpc) is 3.41. The lowest BCUT2D eigenvalue weighted by Crippen LogP contribution is -2.26. The molecule has 1 saturated heterocycles. The summed E-state index contributed by atoms with van der Waals surface area (Å²) in [5, 5.41) is 3.77. The maximum absolute atomic E-state index is 13.1. The standard InChI is InChI=1S/C21H20N2O3S2/c1-26-21-15(3-2-7-22-21)10-23-11-18-17-9-14(16-6-8-27-13-16)4-5-19(17)28(24,25)20(18)12-23/h2-9,13,18,20H,10-12H2,1H3/t18-,20+/m0/s1. The van der Waals surface area contributed by atoms with E-state index < -0.39 is 9.84 Å². The first-order chi connectivity index (χ1) is 13.6. The first-order valence-electron chi connectivity index (χ1n) is 9.18. The quantitative estimate of drug-likeness (QED) is 0.656. The van der Waals surface area contributed by atoms with Crippen molar-refractivity contribution in [3.8, 4) is 17.0 Å². The van der Waals surface area contributed by atoms with Crippen molar-refractivity contribution in [3.63, 3.8) is 0 Å². The zero-order valence-corrected chi connectivity index (χ0v) is 17.0. The van der Waals surface area contributed by atoms with E-state index in [0.717, 1.165) is 28.8 Å². The van der Waals surface area contributed by atoms with Gasteiger partial charge in [0.15, 0.2) is 9.84 Å². The number of hydrogen-bond donors (Lipinski definition) is 0. The Labute approximate surface area is 168 Å². The van der Waals surface area contributed by atoms with E-state index in [9.17, 15) is 8.42 Å². The molecule has 2 atom stereocenters. The molecule has 144 valence electrons. The zero-order chi connectivity index (χ0) is 19.3. The molecule has 0 amide bonds. The van der Waals surface area contributed by atoms with E-state index in [4.69, 9.17) is 4.74 Å². The number of nitrogens with zero attached hydrogens (tertiary/aromatic N) is 2. The van der Waals surface area contributed by atoms with Gasteiger partial charge in [-0.3, -0.25) is 4.90 Å². The third-order valence-electron chi connectivity index (χ3n) is 5.75. The van der Waals surface area contributed by atoms with Gasteiger partial charge in [-0.2, -0.15) is 11.3 Å². The second-order valence-electron chi connectivity index (χ2n) is 7.32. The second kappa shape index (κ2) is 6.69. The van der Waals surface area contributed by atoms with Gasteiger partial charge in [-0.05, 0) is 51.7 Å². The van der Waals surface area contributed by atoms with E-state index in [2.05, 4.69) is 27.4 Å². The van der Waals surface area contributed by atoms with Gasteiger partial charge < -0.3 is 4.74 Å². The fourth-order valence-corrected chi connectivity index (χ4v) is 7.29. The number of rotatable bonds is 4. The fraction of sp³-hybridized carbons (Fsp3) is 0.286. The van der Waals surface area contributed by atoms with Crippen LogP contribution in [0.2, 0.25) is 0 Å². The molecular weight excluding hydrogens is 392 g/mol. The monoisotopic (exact) mass is 412 g/mol. The van der Waals surface area contributed by atoms with Crippen LogP contribution in [0.1, 0.15) is 17.0 Å².